The van der Waals surface area contributed by atoms with Crippen molar-refractivity contribution < 1.29 is 4.79 Å². The highest BCUT2D eigenvalue weighted by atomic mass is 35.5. The van der Waals surface area contributed by atoms with Crippen molar-refractivity contribution in [1.82, 2.24) is 4.98 Å². The molecule has 0 atom stereocenters. The van der Waals surface area contributed by atoms with Gasteiger partial charge in [0.1, 0.15) is 0 Å². The van der Waals surface area contributed by atoms with E-state index in [0.29, 0.717) is 10.6 Å². The smallest absolute Gasteiger partial charge is 0.151 e. The summed E-state index contributed by atoms with van der Waals surface area (Å²) in [5, 5.41) is 1.56. The van der Waals surface area contributed by atoms with Gasteiger partial charge in [-0.25, -0.2) is 0 Å². The molecule has 3 aromatic rings. The molecule has 0 spiro atoms. The van der Waals surface area contributed by atoms with Gasteiger partial charge in [0, 0.05) is 17.1 Å². The van der Waals surface area contributed by atoms with Crippen LogP contribution in [0.3, 0.4) is 0 Å². The fourth-order valence-corrected chi connectivity index (χ4v) is 2.22. The summed E-state index contributed by atoms with van der Waals surface area (Å²) in [5.74, 6) is 0. The zero-order chi connectivity index (χ0) is 13.2. The molecule has 3 heteroatoms. The number of aldehydes is 1. The highest BCUT2D eigenvalue weighted by Crippen LogP contribution is 2.26. The molecule has 2 aromatic carbocycles. The maximum Gasteiger partial charge on any atom is 0.151 e. The minimum Gasteiger partial charge on any atom is -0.298 e. The fraction of sp³-hybridized carbons (Fsp3) is 0. The van der Waals surface area contributed by atoms with Crippen LogP contribution < -0.4 is 0 Å². The van der Waals surface area contributed by atoms with E-state index in [0.717, 1.165) is 28.3 Å². The Balaban J connectivity index is 2.16. The number of hydrogen-bond donors (Lipinski definition) is 0. The Morgan fingerprint density at radius 3 is 2.63 bits per heavy atom. The first-order valence-electron chi connectivity index (χ1n) is 5.88. The number of fused-ring (bicyclic) bond motifs is 1. The van der Waals surface area contributed by atoms with Gasteiger partial charge in [-0.3, -0.25) is 9.78 Å². The first-order chi connectivity index (χ1) is 9.28. The minimum atomic E-state index is 0.470. The second kappa shape index (κ2) is 4.82. The van der Waals surface area contributed by atoms with Crippen LogP contribution in [-0.4, -0.2) is 11.3 Å². The molecule has 0 unspecified atom stereocenters. The first kappa shape index (κ1) is 11.9. The molecule has 0 fully saturated rings. The van der Waals surface area contributed by atoms with E-state index < -0.39 is 0 Å². The van der Waals surface area contributed by atoms with E-state index in [-0.39, 0.29) is 0 Å². The molecule has 0 aliphatic carbocycles. The van der Waals surface area contributed by atoms with Crippen LogP contribution in [-0.2, 0) is 0 Å². The highest BCUT2D eigenvalue weighted by Gasteiger charge is 2.04. The van der Waals surface area contributed by atoms with Crippen molar-refractivity contribution in [2.75, 3.05) is 0 Å². The molecule has 2 nitrogen and oxygen atoms in total. The van der Waals surface area contributed by atoms with E-state index in [2.05, 4.69) is 4.98 Å². The average Bonchev–Trinajstić information content (AvgIpc) is 2.47. The zero-order valence-corrected chi connectivity index (χ0v) is 10.8. The van der Waals surface area contributed by atoms with Crippen LogP contribution in [0.5, 0.6) is 0 Å². The summed E-state index contributed by atoms with van der Waals surface area (Å²) < 4.78 is 0. The molecule has 92 valence electrons. The van der Waals surface area contributed by atoms with Crippen LogP contribution in [0.15, 0.2) is 54.7 Å². The summed E-state index contributed by atoms with van der Waals surface area (Å²) in [4.78, 5) is 15.3. The van der Waals surface area contributed by atoms with Gasteiger partial charge in [-0.15, -0.1) is 0 Å². The lowest BCUT2D eigenvalue weighted by molar-refractivity contribution is 0.112. The molecular formula is C16H10ClNO. The predicted molar refractivity (Wildman–Crippen MR) is 77.6 cm³/mol. The fourth-order valence-electron chi connectivity index (χ4n) is 2.06. The summed E-state index contributed by atoms with van der Waals surface area (Å²) >= 11 is 5.94. The molecule has 0 amide bonds. The van der Waals surface area contributed by atoms with Gasteiger partial charge in [-0.05, 0) is 35.4 Å². The Labute approximate surface area is 115 Å². The summed E-state index contributed by atoms with van der Waals surface area (Å²) in [6, 6.07) is 15.4. The third kappa shape index (κ3) is 2.23. The van der Waals surface area contributed by atoms with Gasteiger partial charge in [0.15, 0.2) is 6.29 Å². The van der Waals surface area contributed by atoms with E-state index in [1.54, 1.807) is 18.3 Å². The summed E-state index contributed by atoms with van der Waals surface area (Å²) in [7, 11) is 0. The van der Waals surface area contributed by atoms with Gasteiger partial charge in [0.25, 0.3) is 0 Å². The number of rotatable bonds is 2. The topological polar surface area (TPSA) is 30.0 Å². The molecule has 19 heavy (non-hydrogen) atoms. The van der Waals surface area contributed by atoms with E-state index in [1.807, 2.05) is 36.4 Å². The second-order valence-corrected chi connectivity index (χ2v) is 4.67. The van der Waals surface area contributed by atoms with Crippen LogP contribution in [0.1, 0.15) is 10.4 Å². The minimum absolute atomic E-state index is 0.470. The van der Waals surface area contributed by atoms with Crippen LogP contribution >= 0.6 is 11.6 Å². The molecular weight excluding hydrogens is 258 g/mol. The predicted octanol–water partition coefficient (Wildman–Crippen LogP) is 4.37. The summed E-state index contributed by atoms with van der Waals surface area (Å²) in [5.41, 5.74) is 3.41. The number of benzene rings is 2. The highest BCUT2D eigenvalue weighted by molar-refractivity contribution is 6.33. The molecule has 0 aliphatic heterocycles. The SMILES string of the molecule is O=Cc1cc(-c2ccc3cccnc3c2)ccc1Cl. The first-order valence-corrected chi connectivity index (χ1v) is 6.25. The lowest BCUT2D eigenvalue weighted by atomic mass is 10.0. The Kier molecular flexibility index (Phi) is 3.02. The third-order valence-electron chi connectivity index (χ3n) is 3.06. The maximum atomic E-state index is 10.9. The third-order valence-corrected chi connectivity index (χ3v) is 3.41. The van der Waals surface area contributed by atoms with E-state index >= 15 is 0 Å². The second-order valence-electron chi connectivity index (χ2n) is 4.27. The van der Waals surface area contributed by atoms with Gasteiger partial charge >= 0.3 is 0 Å². The lowest BCUT2D eigenvalue weighted by Crippen LogP contribution is -1.86. The average molecular weight is 268 g/mol. The summed E-state index contributed by atoms with van der Waals surface area (Å²) in [6.07, 6.45) is 2.54. The Bertz CT molecular complexity index is 768. The standard InChI is InChI=1S/C16H10ClNO/c17-15-6-5-12(8-14(15)10-19)13-4-3-11-2-1-7-18-16(11)9-13/h1-10H. The largest absolute Gasteiger partial charge is 0.298 e. The van der Waals surface area contributed by atoms with Crippen LogP contribution in [0.25, 0.3) is 22.0 Å². The molecule has 0 saturated heterocycles. The van der Waals surface area contributed by atoms with E-state index in [4.69, 9.17) is 11.6 Å². The molecule has 1 aromatic heterocycles. The molecule has 1 heterocycles. The molecule has 0 saturated carbocycles. The van der Waals surface area contributed by atoms with Crippen molar-refractivity contribution in [2.45, 2.75) is 0 Å². The summed E-state index contributed by atoms with van der Waals surface area (Å²) in [6.45, 7) is 0. The van der Waals surface area contributed by atoms with Crippen molar-refractivity contribution in [3.05, 3.63) is 65.3 Å². The van der Waals surface area contributed by atoms with Crippen molar-refractivity contribution in [2.24, 2.45) is 0 Å². The van der Waals surface area contributed by atoms with Crippen molar-refractivity contribution in [1.29, 1.82) is 0 Å². The van der Waals surface area contributed by atoms with Crippen LogP contribution in [0, 0.1) is 0 Å². The van der Waals surface area contributed by atoms with Crippen LogP contribution in [0.2, 0.25) is 5.02 Å². The monoisotopic (exact) mass is 267 g/mol. The maximum absolute atomic E-state index is 10.9. The normalized spacial score (nSPS) is 10.6. The molecule has 0 aliphatic rings. The number of nitrogens with zero attached hydrogens (tertiary/aromatic N) is 1. The number of halogens is 1. The molecule has 3 rings (SSSR count). The number of hydrogen-bond acceptors (Lipinski definition) is 2. The molecule has 0 bridgehead atoms. The Hall–Kier alpha value is -2.19. The Morgan fingerprint density at radius 1 is 1.00 bits per heavy atom. The van der Waals surface area contributed by atoms with E-state index in [1.165, 1.54) is 0 Å². The van der Waals surface area contributed by atoms with Gasteiger partial charge in [-0.1, -0.05) is 35.9 Å². The van der Waals surface area contributed by atoms with Crippen molar-refractivity contribution in [3.63, 3.8) is 0 Å². The van der Waals surface area contributed by atoms with E-state index in [9.17, 15) is 4.79 Å². The van der Waals surface area contributed by atoms with Crippen molar-refractivity contribution >= 4 is 28.8 Å². The van der Waals surface area contributed by atoms with Gasteiger partial charge in [0.05, 0.1) is 10.5 Å². The number of aromatic nitrogens is 1. The zero-order valence-electron chi connectivity index (χ0n) is 10.0. The lowest BCUT2D eigenvalue weighted by Gasteiger charge is -2.05. The number of carbonyl (C=O) groups is 1. The van der Waals surface area contributed by atoms with Crippen molar-refractivity contribution in [3.8, 4) is 11.1 Å². The molecule has 0 N–H and O–H groups in total. The van der Waals surface area contributed by atoms with Crippen LogP contribution in [0.4, 0.5) is 0 Å². The Morgan fingerprint density at radius 2 is 1.79 bits per heavy atom. The number of pyridine rings is 1. The molecule has 0 radical (unpaired) electrons. The number of carbonyl (C=O) groups excluding carboxylic acids is 1. The van der Waals surface area contributed by atoms with Gasteiger partial charge in [-0.2, -0.15) is 0 Å². The quantitative estimate of drug-likeness (QED) is 0.646. The van der Waals surface area contributed by atoms with Gasteiger partial charge < -0.3 is 0 Å². The van der Waals surface area contributed by atoms with Gasteiger partial charge in [0.2, 0.25) is 0 Å².